The third kappa shape index (κ3) is 5.74. The van der Waals surface area contributed by atoms with Crippen LogP contribution in [0.25, 0.3) is 5.69 Å². The van der Waals surface area contributed by atoms with Gasteiger partial charge in [0.05, 0.1) is 17.5 Å². The highest BCUT2D eigenvalue weighted by Crippen LogP contribution is 2.33. The summed E-state index contributed by atoms with van der Waals surface area (Å²) in [4.78, 5) is 14.6. The summed E-state index contributed by atoms with van der Waals surface area (Å²) >= 11 is 8.25. The average molecular weight is 571 g/mol. The number of aromatic nitrogens is 3. The number of thioether (sulfide) groups is 1. The van der Waals surface area contributed by atoms with Crippen molar-refractivity contribution in [2.45, 2.75) is 25.0 Å². The van der Waals surface area contributed by atoms with E-state index in [4.69, 9.17) is 0 Å². The van der Waals surface area contributed by atoms with Gasteiger partial charge in [-0.15, -0.1) is 10.2 Å². The first-order valence-corrected chi connectivity index (χ1v) is 12.0. The van der Waals surface area contributed by atoms with Crippen molar-refractivity contribution in [2.75, 3.05) is 25.2 Å². The van der Waals surface area contributed by atoms with Gasteiger partial charge in [0, 0.05) is 14.6 Å². The van der Waals surface area contributed by atoms with E-state index in [2.05, 4.69) is 47.4 Å². The number of hydrogen-bond acceptors (Lipinski definition) is 5. The van der Waals surface area contributed by atoms with Crippen molar-refractivity contribution < 1.29 is 9.18 Å². The Morgan fingerprint density at radius 3 is 2.39 bits per heavy atom. The predicted molar refractivity (Wildman–Crippen MR) is 129 cm³/mol. The molecule has 1 heterocycles. The van der Waals surface area contributed by atoms with Gasteiger partial charge in [-0.3, -0.25) is 14.3 Å². The summed E-state index contributed by atoms with van der Waals surface area (Å²) in [6.07, 6.45) is 0. The minimum atomic E-state index is -0.318. The minimum Gasteiger partial charge on any atom is -0.323 e. The van der Waals surface area contributed by atoms with Crippen LogP contribution in [0.1, 0.15) is 24.4 Å². The summed E-state index contributed by atoms with van der Waals surface area (Å²) in [5, 5.41) is 12.1. The molecule has 0 aliphatic rings. The molecule has 6 nitrogen and oxygen atoms in total. The number of benzene rings is 2. The normalized spacial score (nSPS) is 12.3. The maximum absolute atomic E-state index is 13.5. The number of anilines is 1. The van der Waals surface area contributed by atoms with Crippen molar-refractivity contribution in [1.82, 2.24) is 19.7 Å². The Hall–Kier alpha value is -1.75. The molecular formula is C21H22Br2FN5OS. The minimum absolute atomic E-state index is 0.0276. The van der Waals surface area contributed by atoms with E-state index in [0.717, 1.165) is 20.2 Å². The summed E-state index contributed by atoms with van der Waals surface area (Å²) in [5.74, 6) is 0.360. The lowest BCUT2D eigenvalue weighted by Crippen LogP contribution is -2.21. The zero-order valence-corrected chi connectivity index (χ0v) is 21.5. The van der Waals surface area contributed by atoms with Crippen LogP contribution in [0.4, 0.5) is 10.1 Å². The summed E-state index contributed by atoms with van der Waals surface area (Å²) in [6.45, 7) is 3.99. The SMILES string of the molecule is Cc1cc(Br)c(NC(=O)CSc2nnc(C(C)N(C)C)n2-c2ccc(F)cc2)c(Br)c1. The fourth-order valence-electron chi connectivity index (χ4n) is 2.83. The zero-order valence-electron chi connectivity index (χ0n) is 17.5. The van der Waals surface area contributed by atoms with E-state index in [1.54, 1.807) is 12.1 Å². The van der Waals surface area contributed by atoms with Crippen LogP contribution in [0.2, 0.25) is 0 Å². The van der Waals surface area contributed by atoms with E-state index < -0.39 is 0 Å². The zero-order chi connectivity index (χ0) is 22.7. The number of nitrogens with one attached hydrogen (secondary N) is 1. The van der Waals surface area contributed by atoms with E-state index in [0.29, 0.717) is 16.7 Å². The van der Waals surface area contributed by atoms with E-state index >= 15 is 0 Å². The molecule has 0 aliphatic heterocycles. The van der Waals surface area contributed by atoms with Crippen LogP contribution in [-0.2, 0) is 4.79 Å². The van der Waals surface area contributed by atoms with Crippen LogP contribution < -0.4 is 5.32 Å². The molecule has 0 saturated heterocycles. The maximum Gasteiger partial charge on any atom is 0.234 e. The van der Waals surface area contributed by atoms with Crippen LogP contribution in [0.5, 0.6) is 0 Å². The summed E-state index contributed by atoms with van der Waals surface area (Å²) in [5.41, 5.74) is 2.49. The van der Waals surface area contributed by atoms with Crippen molar-refractivity contribution in [2.24, 2.45) is 0 Å². The van der Waals surface area contributed by atoms with Crippen LogP contribution in [0.3, 0.4) is 0 Å². The second-order valence-corrected chi connectivity index (χ2v) is 9.88. The lowest BCUT2D eigenvalue weighted by molar-refractivity contribution is -0.113. The highest BCUT2D eigenvalue weighted by Gasteiger charge is 2.22. The van der Waals surface area contributed by atoms with Crippen molar-refractivity contribution in [3.05, 3.63) is 62.5 Å². The van der Waals surface area contributed by atoms with E-state index in [9.17, 15) is 9.18 Å². The smallest absolute Gasteiger partial charge is 0.234 e. The van der Waals surface area contributed by atoms with Gasteiger partial charge in [-0.1, -0.05) is 11.8 Å². The van der Waals surface area contributed by atoms with Crippen molar-refractivity contribution >= 4 is 55.2 Å². The molecule has 3 rings (SSSR count). The third-order valence-corrected chi connectivity index (χ3v) is 6.85. The molecule has 3 aromatic rings. The number of rotatable bonds is 7. The Balaban J connectivity index is 1.83. The van der Waals surface area contributed by atoms with Gasteiger partial charge in [-0.25, -0.2) is 4.39 Å². The topological polar surface area (TPSA) is 63.1 Å². The molecule has 0 radical (unpaired) electrons. The second kappa shape index (κ2) is 10.2. The molecule has 0 aliphatic carbocycles. The predicted octanol–water partition coefficient (Wildman–Crippen LogP) is 5.59. The van der Waals surface area contributed by atoms with Crippen molar-refractivity contribution in [3.63, 3.8) is 0 Å². The molecule has 0 fully saturated rings. The number of aryl methyl sites for hydroxylation is 1. The van der Waals surface area contributed by atoms with E-state index in [1.807, 2.05) is 49.5 Å². The highest BCUT2D eigenvalue weighted by molar-refractivity contribution is 9.11. The molecule has 164 valence electrons. The fourth-order valence-corrected chi connectivity index (χ4v) is 5.21. The largest absolute Gasteiger partial charge is 0.323 e. The number of halogens is 3. The summed E-state index contributed by atoms with van der Waals surface area (Å²) in [7, 11) is 3.90. The molecule has 1 amide bonds. The summed E-state index contributed by atoms with van der Waals surface area (Å²) < 4.78 is 16.9. The molecule has 10 heteroatoms. The van der Waals surface area contributed by atoms with E-state index in [-0.39, 0.29) is 23.5 Å². The molecule has 1 atom stereocenters. The van der Waals surface area contributed by atoms with Crippen molar-refractivity contribution in [3.8, 4) is 5.69 Å². The number of carbonyl (C=O) groups is 1. The molecule has 0 spiro atoms. The Bertz CT molecular complexity index is 1060. The lowest BCUT2D eigenvalue weighted by atomic mass is 10.2. The molecule has 1 aromatic heterocycles. The molecule has 0 saturated carbocycles. The van der Waals surface area contributed by atoms with Gasteiger partial charge >= 0.3 is 0 Å². The Morgan fingerprint density at radius 1 is 1.19 bits per heavy atom. The Labute approximate surface area is 201 Å². The Morgan fingerprint density at radius 2 is 1.81 bits per heavy atom. The second-order valence-electron chi connectivity index (χ2n) is 7.23. The van der Waals surface area contributed by atoms with Crippen LogP contribution in [-0.4, -0.2) is 45.4 Å². The molecule has 1 unspecified atom stereocenters. The van der Waals surface area contributed by atoms with Crippen LogP contribution >= 0.6 is 43.6 Å². The third-order valence-electron chi connectivity index (χ3n) is 4.67. The molecular weight excluding hydrogens is 549 g/mol. The van der Waals surface area contributed by atoms with Gasteiger partial charge in [0.15, 0.2) is 11.0 Å². The highest BCUT2D eigenvalue weighted by atomic mass is 79.9. The van der Waals surface area contributed by atoms with Gasteiger partial charge in [-0.2, -0.15) is 0 Å². The van der Waals surface area contributed by atoms with Gasteiger partial charge in [0.2, 0.25) is 5.91 Å². The van der Waals surface area contributed by atoms with Gasteiger partial charge in [0.25, 0.3) is 0 Å². The molecule has 31 heavy (non-hydrogen) atoms. The van der Waals surface area contributed by atoms with Gasteiger partial charge < -0.3 is 5.32 Å². The number of nitrogens with zero attached hydrogens (tertiary/aromatic N) is 4. The monoisotopic (exact) mass is 569 g/mol. The molecule has 2 aromatic carbocycles. The first-order chi connectivity index (χ1) is 14.7. The number of amides is 1. The Kier molecular flexibility index (Phi) is 7.90. The van der Waals surface area contributed by atoms with Crippen LogP contribution in [0, 0.1) is 12.7 Å². The fraction of sp³-hybridized carbons (Fsp3) is 0.286. The van der Waals surface area contributed by atoms with E-state index in [1.165, 1.54) is 23.9 Å². The number of carbonyl (C=O) groups excluding carboxylic acids is 1. The standard InChI is InChI=1S/C21H22Br2FN5OS/c1-12-9-16(22)19(17(23)10-12)25-18(30)11-31-21-27-26-20(13(2)28(3)4)29(21)15-7-5-14(24)6-8-15/h5-10,13H,11H2,1-4H3,(H,25,30). The quantitative estimate of drug-likeness (QED) is 0.375. The van der Waals surface area contributed by atoms with Crippen molar-refractivity contribution in [1.29, 1.82) is 0 Å². The number of hydrogen-bond donors (Lipinski definition) is 1. The maximum atomic E-state index is 13.5. The summed E-state index contributed by atoms with van der Waals surface area (Å²) in [6, 6.07) is 9.99. The molecule has 0 bridgehead atoms. The van der Waals surface area contributed by atoms with Gasteiger partial charge in [0.1, 0.15) is 5.82 Å². The molecule has 1 N–H and O–H groups in total. The van der Waals surface area contributed by atoms with Gasteiger partial charge in [-0.05, 0) is 102 Å². The first kappa shape index (κ1) is 23.9. The first-order valence-electron chi connectivity index (χ1n) is 9.43. The average Bonchev–Trinajstić information content (AvgIpc) is 3.12. The van der Waals surface area contributed by atoms with Crippen LogP contribution in [0.15, 0.2) is 50.5 Å². The lowest BCUT2D eigenvalue weighted by Gasteiger charge is -2.20.